The average molecular weight is 127 g/mol. The zero-order chi connectivity index (χ0) is 6.69. The second-order valence-corrected chi connectivity index (χ2v) is 2.90. The molecule has 1 saturated carbocycles. The van der Waals surface area contributed by atoms with E-state index in [2.05, 4.69) is 12.2 Å². The minimum Gasteiger partial charge on any atom is -0.356 e. The predicted molar refractivity (Wildman–Crippen MR) is 36.0 cm³/mol. The summed E-state index contributed by atoms with van der Waals surface area (Å²) in [6.07, 6.45) is 4.41. The molecular formula is C7H13NO. The summed E-state index contributed by atoms with van der Waals surface area (Å²) in [6.45, 7) is 2.23. The average Bonchev–Trinajstić information content (AvgIpc) is 2.17. The van der Waals surface area contributed by atoms with Crippen LogP contribution in [0.1, 0.15) is 26.2 Å². The van der Waals surface area contributed by atoms with Crippen molar-refractivity contribution in [2.75, 3.05) is 0 Å². The topological polar surface area (TPSA) is 29.1 Å². The van der Waals surface area contributed by atoms with Crippen LogP contribution in [0.2, 0.25) is 0 Å². The Morgan fingerprint density at radius 3 is 2.78 bits per heavy atom. The van der Waals surface area contributed by atoms with Gasteiger partial charge in [0, 0.05) is 6.04 Å². The minimum absolute atomic E-state index is 0.470. The fourth-order valence-electron chi connectivity index (χ4n) is 1.45. The Hall–Kier alpha value is -0.530. The maximum Gasteiger partial charge on any atom is 0.207 e. The van der Waals surface area contributed by atoms with Crippen molar-refractivity contribution >= 4 is 6.41 Å². The predicted octanol–water partition coefficient (Wildman–Crippen LogP) is 0.921. The summed E-state index contributed by atoms with van der Waals surface area (Å²) in [4.78, 5) is 9.96. The molecule has 1 fully saturated rings. The molecule has 0 aromatic carbocycles. The van der Waals surface area contributed by atoms with E-state index in [1.165, 1.54) is 19.3 Å². The molecule has 9 heavy (non-hydrogen) atoms. The Morgan fingerprint density at radius 1 is 1.56 bits per heavy atom. The summed E-state index contributed by atoms with van der Waals surface area (Å²) >= 11 is 0. The third kappa shape index (κ3) is 1.70. The van der Waals surface area contributed by atoms with E-state index in [0.29, 0.717) is 6.04 Å². The van der Waals surface area contributed by atoms with E-state index in [1.54, 1.807) is 0 Å². The summed E-state index contributed by atoms with van der Waals surface area (Å²) in [5.74, 6) is 0.808. The van der Waals surface area contributed by atoms with Gasteiger partial charge >= 0.3 is 0 Å². The van der Waals surface area contributed by atoms with Crippen LogP contribution in [0.15, 0.2) is 0 Å². The van der Waals surface area contributed by atoms with Crippen molar-refractivity contribution in [2.24, 2.45) is 5.92 Å². The van der Waals surface area contributed by atoms with Crippen molar-refractivity contribution in [3.8, 4) is 0 Å². The van der Waals surface area contributed by atoms with Gasteiger partial charge in [0.05, 0.1) is 0 Å². The molecule has 0 saturated heterocycles. The lowest BCUT2D eigenvalue weighted by atomic mass is 10.1. The Labute approximate surface area is 55.6 Å². The molecule has 0 radical (unpaired) electrons. The van der Waals surface area contributed by atoms with Crippen molar-refractivity contribution in [3.05, 3.63) is 0 Å². The van der Waals surface area contributed by atoms with Crippen molar-refractivity contribution in [1.29, 1.82) is 0 Å². The van der Waals surface area contributed by atoms with Crippen molar-refractivity contribution in [1.82, 2.24) is 5.32 Å². The van der Waals surface area contributed by atoms with Crippen LogP contribution in [0, 0.1) is 5.92 Å². The first-order chi connectivity index (χ1) is 4.33. The summed E-state index contributed by atoms with van der Waals surface area (Å²) in [5, 5.41) is 2.79. The van der Waals surface area contributed by atoms with E-state index in [4.69, 9.17) is 0 Å². The molecule has 1 amide bonds. The molecule has 0 bridgehead atoms. The lowest BCUT2D eigenvalue weighted by molar-refractivity contribution is -0.110. The summed E-state index contributed by atoms with van der Waals surface area (Å²) in [5.41, 5.74) is 0. The lowest BCUT2D eigenvalue weighted by Gasteiger charge is -2.05. The van der Waals surface area contributed by atoms with Gasteiger partial charge in [-0.3, -0.25) is 4.79 Å². The van der Waals surface area contributed by atoms with E-state index in [0.717, 1.165) is 12.3 Å². The summed E-state index contributed by atoms with van der Waals surface area (Å²) in [6, 6.07) is 0.470. The highest BCUT2D eigenvalue weighted by Gasteiger charge is 2.19. The second-order valence-electron chi connectivity index (χ2n) is 2.90. The molecule has 0 heterocycles. The quantitative estimate of drug-likeness (QED) is 0.549. The molecule has 2 atom stereocenters. The Morgan fingerprint density at radius 2 is 2.33 bits per heavy atom. The van der Waals surface area contributed by atoms with Gasteiger partial charge in [0.2, 0.25) is 6.41 Å². The smallest absolute Gasteiger partial charge is 0.207 e. The molecule has 2 heteroatoms. The molecular weight excluding hydrogens is 114 g/mol. The number of amides is 1. The van der Waals surface area contributed by atoms with Crippen molar-refractivity contribution < 1.29 is 4.79 Å². The number of hydrogen-bond donors (Lipinski definition) is 1. The molecule has 0 aromatic rings. The first-order valence-electron chi connectivity index (χ1n) is 3.52. The molecule has 0 aliphatic heterocycles. The monoisotopic (exact) mass is 127 g/mol. The number of carbonyl (C=O) groups excluding carboxylic acids is 1. The van der Waals surface area contributed by atoms with E-state index >= 15 is 0 Å². The van der Waals surface area contributed by atoms with Gasteiger partial charge in [-0.25, -0.2) is 0 Å². The van der Waals surface area contributed by atoms with Crippen LogP contribution >= 0.6 is 0 Å². The zero-order valence-corrected chi connectivity index (χ0v) is 5.76. The number of carbonyl (C=O) groups is 1. The second kappa shape index (κ2) is 2.85. The van der Waals surface area contributed by atoms with Crippen LogP contribution in [0.5, 0.6) is 0 Å². The van der Waals surface area contributed by atoms with Gasteiger partial charge in [-0.1, -0.05) is 6.92 Å². The fraction of sp³-hybridized carbons (Fsp3) is 0.857. The molecule has 2 unspecified atom stereocenters. The largest absolute Gasteiger partial charge is 0.356 e. The van der Waals surface area contributed by atoms with Gasteiger partial charge in [-0.15, -0.1) is 0 Å². The third-order valence-electron chi connectivity index (χ3n) is 2.00. The number of rotatable bonds is 2. The standard InChI is InChI=1S/C7H13NO/c1-6-2-3-7(4-6)8-5-9/h5-7H,2-4H2,1H3,(H,8,9). The molecule has 2 nitrogen and oxygen atoms in total. The molecule has 1 aliphatic rings. The van der Waals surface area contributed by atoms with Gasteiger partial charge in [0.25, 0.3) is 0 Å². The van der Waals surface area contributed by atoms with Crippen LogP contribution in [0.3, 0.4) is 0 Å². The maximum atomic E-state index is 9.96. The van der Waals surface area contributed by atoms with Crippen LogP contribution in [-0.4, -0.2) is 12.5 Å². The minimum atomic E-state index is 0.470. The van der Waals surface area contributed by atoms with Gasteiger partial charge in [-0.2, -0.15) is 0 Å². The molecule has 1 aliphatic carbocycles. The highest BCUT2D eigenvalue weighted by molar-refractivity contribution is 5.46. The van der Waals surface area contributed by atoms with Crippen molar-refractivity contribution in [3.63, 3.8) is 0 Å². The highest BCUT2D eigenvalue weighted by Crippen LogP contribution is 2.23. The zero-order valence-electron chi connectivity index (χ0n) is 5.76. The van der Waals surface area contributed by atoms with Crippen molar-refractivity contribution in [2.45, 2.75) is 32.2 Å². The Kier molecular flexibility index (Phi) is 2.09. The van der Waals surface area contributed by atoms with E-state index in [9.17, 15) is 4.79 Å². The summed E-state index contributed by atoms with van der Waals surface area (Å²) in [7, 11) is 0. The first kappa shape index (κ1) is 6.59. The molecule has 52 valence electrons. The molecule has 1 N–H and O–H groups in total. The number of nitrogens with one attached hydrogen (secondary N) is 1. The van der Waals surface area contributed by atoms with Gasteiger partial charge in [0.1, 0.15) is 0 Å². The Bertz CT molecular complexity index is 103. The van der Waals surface area contributed by atoms with Gasteiger partial charge in [-0.05, 0) is 25.2 Å². The van der Waals surface area contributed by atoms with E-state index in [1.807, 2.05) is 0 Å². The molecule has 1 rings (SSSR count). The van der Waals surface area contributed by atoms with E-state index in [-0.39, 0.29) is 0 Å². The summed E-state index contributed by atoms with van der Waals surface area (Å²) < 4.78 is 0. The Balaban J connectivity index is 2.21. The van der Waals surface area contributed by atoms with Gasteiger partial charge in [0.15, 0.2) is 0 Å². The van der Waals surface area contributed by atoms with Crippen LogP contribution < -0.4 is 5.32 Å². The van der Waals surface area contributed by atoms with Crippen LogP contribution in [0.25, 0.3) is 0 Å². The molecule has 0 spiro atoms. The third-order valence-corrected chi connectivity index (χ3v) is 2.00. The normalized spacial score (nSPS) is 34.3. The highest BCUT2D eigenvalue weighted by atomic mass is 16.1. The van der Waals surface area contributed by atoms with E-state index < -0.39 is 0 Å². The SMILES string of the molecule is CC1CCC(NC=O)C1. The van der Waals surface area contributed by atoms with Gasteiger partial charge < -0.3 is 5.32 Å². The lowest BCUT2D eigenvalue weighted by Crippen LogP contribution is -2.24. The van der Waals surface area contributed by atoms with Crippen LogP contribution in [0.4, 0.5) is 0 Å². The first-order valence-corrected chi connectivity index (χ1v) is 3.52. The fourth-order valence-corrected chi connectivity index (χ4v) is 1.45. The molecule has 0 aromatic heterocycles. The number of hydrogen-bond acceptors (Lipinski definition) is 1. The van der Waals surface area contributed by atoms with Crippen LogP contribution in [-0.2, 0) is 4.79 Å². The maximum absolute atomic E-state index is 9.96.